The zero-order valence-corrected chi connectivity index (χ0v) is 9.42. The highest BCUT2D eigenvalue weighted by Crippen LogP contribution is 2.36. The van der Waals surface area contributed by atoms with Gasteiger partial charge in [-0.2, -0.15) is 0 Å². The fourth-order valence-electron chi connectivity index (χ4n) is 1.75. The lowest BCUT2D eigenvalue weighted by Crippen LogP contribution is -2.36. The molecule has 1 aliphatic rings. The first-order chi connectivity index (χ1) is 7.72. The second-order valence-electron chi connectivity index (χ2n) is 3.88. The monoisotopic (exact) mass is 222 g/mol. The molecule has 0 aromatic heterocycles. The van der Waals surface area contributed by atoms with Crippen molar-refractivity contribution in [1.82, 2.24) is 0 Å². The number of ether oxygens (including phenoxy) is 1. The van der Waals surface area contributed by atoms with Crippen LogP contribution in [0, 0.1) is 0 Å². The van der Waals surface area contributed by atoms with Gasteiger partial charge >= 0.3 is 0 Å². The molecule has 1 unspecified atom stereocenters. The number of nitrogens with one attached hydrogen (secondary N) is 2. The van der Waals surface area contributed by atoms with Gasteiger partial charge in [-0.15, -0.1) is 0 Å². The first-order valence-electron chi connectivity index (χ1n) is 5.52. The van der Waals surface area contributed by atoms with Crippen LogP contribution in [0.15, 0.2) is 12.1 Å². The lowest BCUT2D eigenvalue weighted by molar-refractivity contribution is 0.0800. The average Bonchev–Trinajstić information content (AvgIpc) is 2.31. The van der Waals surface area contributed by atoms with Crippen molar-refractivity contribution in [3.8, 4) is 0 Å². The fraction of sp³-hybridized carbons (Fsp3) is 0.455. The van der Waals surface area contributed by atoms with Crippen molar-refractivity contribution in [2.24, 2.45) is 0 Å². The number of hydrogen-bond donors (Lipinski definition) is 4. The van der Waals surface area contributed by atoms with Crippen molar-refractivity contribution < 1.29 is 4.74 Å². The van der Waals surface area contributed by atoms with Gasteiger partial charge in [-0.25, -0.2) is 0 Å². The van der Waals surface area contributed by atoms with Gasteiger partial charge in [0.25, 0.3) is 0 Å². The van der Waals surface area contributed by atoms with Crippen molar-refractivity contribution in [1.29, 1.82) is 0 Å². The van der Waals surface area contributed by atoms with Gasteiger partial charge in [0.2, 0.25) is 0 Å². The van der Waals surface area contributed by atoms with Crippen LogP contribution in [0.1, 0.15) is 13.3 Å². The molecule has 0 saturated heterocycles. The standard InChI is InChI=1S/C11H18N4O/c1-2-5-16-9-6-14-10-7(12)3-4-8(13)11(10)15-9/h3-4,9,14-15H,2,5-6,12-13H2,1H3. The Morgan fingerprint density at radius 3 is 2.69 bits per heavy atom. The van der Waals surface area contributed by atoms with E-state index in [0.717, 1.165) is 24.4 Å². The van der Waals surface area contributed by atoms with Crippen LogP contribution in [0.3, 0.4) is 0 Å². The SMILES string of the molecule is CCCOC1CNc2c(N)ccc(N)c2N1. The van der Waals surface area contributed by atoms with E-state index in [0.29, 0.717) is 17.9 Å². The number of nitrogens with two attached hydrogens (primary N) is 2. The summed E-state index contributed by atoms with van der Waals surface area (Å²) in [6.07, 6.45) is 0.953. The van der Waals surface area contributed by atoms with Gasteiger partial charge in [0.05, 0.1) is 29.3 Å². The molecule has 0 amide bonds. The Morgan fingerprint density at radius 2 is 2.00 bits per heavy atom. The number of nitrogen functional groups attached to an aromatic ring is 2. The lowest BCUT2D eigenvalue weighted by atomic mass is 10.1. The van der Waals surface area contributed by atoms with Gasteiger partial charge in [-0.05, 0) is 18.6 Å². The number of hydrogen-bond acceptors (Lipinski definition) is 5. The smallest absolute Gasteiger partial charge is 0.145 e. The van der Waals surface area contributed by atoms with E-state index in [2.05, 4.69) is 17.6 Å². The summed E-state index contributed by atoms with van der Waals surface area (Å²) >= 11 is 0. The third-order valence-electron chi connectivity index (χ3n) is 2.56. The molecule has 5 nitrogen and oxygen atoms in total. The summed E-state index contributed by atoms with van der Waals surface area (Å²) in [7, 11) is 0. The fourth-order valence-corrected chi connectivity index (χ4v) is 1.75. The summed E-state index contributed by atoms with van der Waals surface area (Å²) in [6, 6.07) is 3.60. The minimum absolute atomic E-state index is 0.0449. The summed E-state index contributed by atoms with van der Waals surface area (Å²) in [6.45, 7) is 3.51. The van der Waals surface area contributed by atoms with Gasteiger partial charge in [0.15, 0.2) is 0 Å². The number of anilines is 4. The number of rotatable bonds is 3. The molecule has 1 aromatic carbocycles. The first kappa shape index (κ1) is 10.9. The van der Waals surface area contributed by atoms with E-state index in [9.17, 15) is 0 Å². The van der Waals surface area contributed by atoms with Gasteiger partial charge in [0, 0.05) is 6.61 Å². The van der Waals surface area contributed by atoms with Gasteiger partial charge in [-0.1, -0.05) is 6.92 Å². The maximum atomic E-state index is 5.89. The molecule has 0 saturated carbocycles. The van der Waals surface area contributed by atoms with Crippen molar-refractivity contribution in [2.75, 3.05) is 35.3 Å². The van der Waals surface area contributed by atoms with Crippen LogP contribution in [-0.2, 0) is 4.74 Å². The topological polar surface area (TPSA) is 85.3 Å². The second-order valence-corrected chi connectivity index (χ2v) is 3.88. The van der Waals surface area contributed by atoms with Crippen LogP contribution in [0.25, 0.3) is 0 Å². The third-order valence-corrected chi connectivity index (χ3v) is 2.56. The maximum Gasteiger partial charge on any atom is 0.145 e. The average molecular weight is 222 g/mol. The Kier molecular flexibility index (Phi) is 3.05. The third kappa shape index (κ3) is 1.99. The van der Waals surface area contributed by atoms with Gasteiger partial charge in [-0.3, -0.25) is 0 Å². The summed E-state index contributed by atoms with van der Waals surface area (Å²) in [5.74, 6) is 0. The summed E-state index contributed by atoms with van der Waals surface area (Å²) < 4.78 is 5.61. The highest BCUT2D eigenvalue weighted by molar-refractivity contribution is 5.90. The molecule has 0 spiro atoms. The van der Waals surface area contributed by atoms with E-state index in [-0.39, 0.29) is 6.23 Å². The van der Waals surface area contributed by atoms with E-state index in [4.69, 9.17) is 16.2 Å². The van der Waals surface area contributed by atoms with Crippen molar-refractivity contribution in [3.05, 3.63) is 12.1 Å². The second kappa shape index (κ2) is 4.49. The van der Waals surface area contributed by atoms with Crippen molar-refractivity contribution in [2.45, 2.75) is 19.6 Å². The largest absolute Gasteiger partial charge is 0.397 e. The van der Waals surface area contributed by atoms with Crippen molar-refractivity contribution in [3.63, 3.8) is 0 Å². The van der Waals surface area contributed by atoms with E-state index in [1.54, 1.807) is 12.1 Å². The first-order valence-corrected chi connectivity index (χ1v) is 5.52. The molecular weight excluding hydrogens is 204 g/mol. The minimum atomic E-state index is -0.0449. The van der Waals surface area contributed by atoms with Crippen LogP contribution in [0.4, 0.5) is 22.7 Å². The molecule has 0 fully saturated rings. The molecule has 1 aliphatic heterocycles. The molecule has 0 bridgehead atoms. The summed E-state index contributed by atoms with van der Waals surface area (Å²) in [4.78, 5) is 0. The van der Waals surface area contributed by atoms with E-state index in [1.807, 2.05) is 0 Å². The minimum Gasteiger partial charge on any atom is -0.397 e. The lowest BCUT2D eigenvalue weighted by Gasteiger charge is -2.30. The molecule has 2 rings (SSSR count). The van der Waals surface area contributed by atoms with E-state index >= 15 is 0 Å². The van der Waals surface area contributed by atoms with E-state index < -0.39 is 0 Å². The Morgan fingerprint density at radius 1 is 1.31 bits per heavy atom. The Bertz CT molecular complexity index is 380. The molecule has 0 aliphatic carbocycles. The predicted molar refractivity (Wildman–Crippen MR) is 67.4 cm³/mol. The van der Waals surface area contributed by atoms with Crippen LogP contribution >= 0.6 is 0 Å². The molecule has 1 heterocycles. The molecule has 0 radical (unpaired) electrons. The van der Waals surface area contributed by atoms with Gasteiger partial charge in [0.1, 0.15) is 6.23 Å². The van der Waals surface area contributed by atoms with Crippen LogP contribution in [0.5, 0.6) is 0 Å². The molecular formula is C11H18N4O. The molecule has 6 N–H and O–H groups in total. The Balaban J connectivity index is 2.16. The van der Waals surface area contributed by atoms with Crippen LogP contribution in [0.2, 0.25) is 0 Å². The normalized spacial score (nSPS) is 18.4. The summed E-state index contributed by atoms with van der Waals surface area (Å²) in [5.41, 5.74) is 14.8. The molecule has 1 aromatic rings. The van der Waals surface area contributed by atoms with Crippen LogP contribution in [-0.4, -0.2) is 19.4 Å². The zero-order valence-electron chi connectivity index (χ0n) is 9.42. The van der Waals surface area contributed by atoms with Crippen LogP contribution < -0.4 is 22.1 Å². The Labute approximate surface area is 95.1 Å². The molecule has 5 heteroatoms. The Hall–Kier alpha value is -1.62. The number of fused-ring (bicyclic) bond motifs is 1. The zero-order chi connectivity index (χ0) is 11.5. The predicted octanol–water partition coefficient (Wildman–Crippen LogP) is 1.44. The molecule has 16 heavy (non-hydrogen) atoms. The summed E-state index contributed by atoms with van der Waals surface area (Å²) in [5, 5.41) is 6.49. The van der Waals surface area contributed by atoms with Crippen molar-refractivity contribution >= 4 is 22.7 Å². The molecule has 1 atom stereocenters. The maximum absolute atomic E-state index is 5.89. The molecule has 88 valence electrons. The highest BCUT2D eigenvalue weighted by Gasteiger charge is 2.20. The number of benzene rings is 1. The van der Waals surface area contributed by atoms with E-state index in [1.165, 1.54) is 0 Å². The highest BCUT2D eigenvalue weighted by atomic mass is 16.5. The quantitative estimate of drug-likeness (QED) is 0.581. The van der Waals surface area contributed by atoms with Gasteiger partial charge < -0.3 is 26.8 Å².